The molecular formula is C27H47NO4SSi. The topological polar surface area (TPSA) is 68.1 Å². The van der Waals surface area contributed by atoms with Crippen LogP contribution < -0.4 is 0 Å². The lowest BCUT2D eigenvalue weighted by molar-refractivity contribution is -0.0335. The lowest BCUT2D eigenvalue weighted by Gasteiger charge is -2.37. The van der Waals surface area contributed by atoms with E-state index < -0.39 is 29.8 Å². The van der Waals surface area contributed by atoms with Crippen molar-refractivity contribution in [2.24, 2.45) is 16.2 Å². The fourth-order valence-corrected chi connectivity index (χ4v) is 8.79. The van der Waals surface area contributed by atoms with Gasteiger partial charge in [-0.1, -0.05) is 58.7 Å². The Morgan fingerprint density at radius 2 is 1.88 bits per heavy atom. The Morgan fingerprint density at radius 3 is 2.44 bits per heavy atom. The average molecular weight is 510 g/mol. The molecule has 1 heterocycles. The Bertz CT molecular complexity index is 962. The molecule has 0 unspecified atom stereocenters. The number of fused-ring (bicyclic) bond motifs is 1. The van der Waals surface area contributed by atoms with Crippen molar-refractivity contribution in [3.8, 4) is 0 Å². The van der Waals surface area contributed by atoms with E-state index in [1.54, 1.807) is 0 Å². The Morgan fingerprint density at radius 1 is 1.26 bits per heavy atom. The maximum absolute atomic E-state index is 14.9. The molecule has 0 spiro atoms. The highest BCUT2D eigenvalue weighted by molar-refractivity contribution is 7.93. The first-order valence-corrected chi connectivity index (χ1v) is 17.5. The standard InChI is InChI=1S/C27H47NO4SSi/c1-19(2)24(17-31-34(8,9)26(5,6)7)28-33(30,22-14-12-20(3)13-15-22)18-27-16-10-11-23(27)25(29)21(4)32-27/h12-15,19,21,23-25,29H,10-11,16-18H2,1-9H3/t21-,23-,24-,25-,27+,33+/m0/s1. The smallest absolute Gasteiger partial charge is 0.192 e. The van der Waals surface area contributed by atoms with Gasteiger partial charge in [0.15, 0.2) is 8.32 Å². The predicted molar refractivity (Wildman–Crippen MR) is 143 cm³/mol. The van der Waals surface area contributed by atoms with E-state index in [1.807, 2.05) is 38.1 Å². The van der Waals surface area contributed by atoms with Crippen molar-refractivity contribution in [2.45, 2.75) is 115 Å². The predicted octanol–water partition coefficient (Wildman–Crippen LogP) is 6.19. The molecule has 1 aromatic rings. The van der Waals surface area contributed by atoms with Gasteiger partial charge in [-0.2, -0.15) is 0 Å². The number of benzene rings is 1. The summed E-state index contributed by atoms with van der Waals surface area (Å²) in [6.45, 7) is 19.9. The largest absolute Gasteiger partial charge is 0.415 e. The summed E-state index contributed by atoms with van der Waals surface area (Å²) in [5.74, 6) is 0.546. The third-order valence-corrected chi connectivity index (χ3v) is 15.4. The molecule has 0 aromatic heterocycles. The number of ether oxygens (including phenoxy) is 1. The molecule has 1 saturated carbocycles. The summed E-state index contributed by atoms with van der Waals surface area (Å²) in [4.78, 5) is 0.758. The highest BCUT2D eigenvalue weighted by Gasteiger charge is 2.57. The number of rotatable bonds is 8. The van der Waals surface area contributed by atoms with Crippen LogP contribution in [0.4, 0.5) is 0 Å². The zero-order valence-electron chi connectivity index (χ0n) is 22.8. The second-order valence-electron chi connectivity index (χ2n) is 12.5. The Labute approximate surface area is 209 Å². The van der Waals surface area contributed by atoms with Crippen LogP contribution in [-0.2, 0) is 18.9 Å². The van der Waals surface area contributed by atoms with Gasteiger partial charge >= 0.3 is 0 Å². The molecule has 2 fully saturated rings. The van der Waals surface area contributed by atoms with Crippen LogP contribution in [0.3, 0.4) is 0 Å². The maximum Gasteiger partial charge on any atom is 0.192 e. The van der Waals surface area contributed by atoms with Crippen molar-refractivity contribution in [3.63, 3.8) is 0 Å². The minimum absolute atomic E-state index is 0.0185. The fraction of sp³-hybridized carbons (Fsp3) is 0.778. The van der Waals surface area contributed by atoms with Gasteiger partial charge in [0.1, 0.15) is 0 Å². The van der Waals surface area contributed by atoms with Gasteiger partial charge in [-0.3, -0.25) is 0 Å². The van der Waals surface area contributed by atoms with E-state index in [0.717, 1.165) is 29.7 Å². The fourth-order valence-electron chi connectivity index (χ4n) is 5.02. The van der Waals surface area contributed by atoms with Crippen LogP contribution in [0.1, 0.15) is 66.4 Å². The molecule has 1 aliphatic carbocycles. The second-order valence-corrected chi connectivity index (χ2v) is 19.5. The number of nitrogens with zero attached hydrogens (tertiary/aromatic N) is 1. The zero-order valence-corrected chi connectivity index (χ0v) is 24.6. The van der Waals surface area contributed by atoms with Gasteiger partial charge in [-0.15, -0.1) is 0 Å². The minimum Gasteiger partial charge on any atom is -0.415 e. The molecule has 0 bridgehead atoms. The third-order valence-electron chi connectivity index (χ3n) is 8.43. The zero-order chi connectivity index (χ0) is 25.5. The van der Waals surface area contributed by atoms with Crippen LogP contribution >= 0.6 is 0 Å². The molecule has 0 radical (unpaired) electrons. The SMILES string of the molecule is Cc1ccc([S@](=O)(C[C@]23CCC[C@H]2[C@@H](O)[C@H](C)O3)=N[C@@H](CO[Si](C)(C)C(C)(C)C)C(C)C)cc1. The third kappa shape index (κ3) is 5.64. The van der Waals surface area contributed by atoms with Gasteiger partial charge in [0, 0.05) is 10.8 Å². The number of aliphatic hydroxyl groups excluding tert-OH is 1. The summed E-state index contributed by atoms with van der Waals surface area (Å²) in [6, 6.07) is 7.77. The summed E-state index contributed by atoms with van der Waals surface area (Å²) in [5, 5.41) is 10.9. The highest BCUT2D eigenvalue weighted by Crippen LogP contribution is 2.49. The van der Waals surface area contributed by atoms with Crippen molar-refractivity contribution in [3.05, 3.63) is 29.8 Å². The average Bonchev–Trinajstić information content (AvgIpc) is 3.21. The van der Waals surface area contributed by atoms with E-state index in [4.69, 9.17) is 13.5 Å². The van der Waals surface area contributed by atoms with Gasteiger partial charge in [-0.05, 0) is 62.9 Å². The summed E-state index contributed by atoms with van der Waals surface area (Å²) in [7, 11) is -4.76. The molecule has 7 heteroatoms. The van der Waals surface area contributed by atoms with Gasteiger partial charge in [0.25, 0.3) is 0 Å². The second kappa shape index (κ2) is 9.96. The quantitative estimate of drug-likeness (QED) is 0.425. The van der Waals surface area contributed by atoms with Crippen molar-refractivity contribution in [2.75, 3.05) is 12.4 Å². The molecule has 1 aromatic carbocycles. The molecule has 1 aliphatic heterocycles. The molecule has 1 saturated heterocycles. The molecule has 2 aliphatic rings. The summed E-state index contributed by atoms with van der Waals surface area (Å²) >= 11 is 0. The van der Waals surface area contributed by atoms with Gasteiger partial charge < -0.3 is 14.3 Å². The monoisotopic (exact) mass is 509 g/mol. The lowest BCUT2D eigenvalue weighted by atomic mass is 9.90. The van der Waals surface area contributed by atoms with Crippen LogP contribution in [0, 0.1) is 18.8 Å². The Hall–Kier alpha value is -0.733. The summed E-state index contributed by atoms with van der Waals surface area (Å²) < 4.78 is 33.0. The number of hydrogen-bond donors (Lipinski definition) is 1. The van der Waals surface area contributed by atoms with Gasteiger partial charge in [0.05, 0.1) is 45.9 Å². The van der Waals surface area contributed by atoms with Gasteiger partial charge in [0.2, 0.25) is 0 Å². The highest BCUT2D eigenvalue weighted by atomic mass is 32.2. The van der Waals surface area contributed by atoms with E-state index >= 15 is 0 Å². The molecular weight excluding hydrogens is 462 g/mol. The molecule has 1 N–H and O–H groups in total. The molecule has 6 atom stereocenters. The van der Waals surface area contributed by atoms with Crippen LogP contribution in [-0.4, -0.2) is 53.8 Å². The normalized spacial score (nSPS) is 30.3. The van der Waals surface area contributed by atoms with Crippen molar-refractivity contribution in [1.82, 2.24) is 0 Å². The molecule has 0 amide bonds. The molecule has 3 rings (SSSR count). The Kier molecular flexibility index (Phi) is 8.16. The first kappa shape index (κ1) is 27.8. The first-order chi connectivity index (χ1) is 15.6. The molecule has 194 valence electrons. The van der Waals surface area contributed by atoms with Crippen molar-refractivity contribution in [1.29, 1.82) is 0 Å². The Balaban J connectivity index is 2.02. The van der Waals surface area contributed by atoms with Crippen LogP contribution in [0.25, 0.3) is 0 Å². The lowest BCUT2D eigenvalue weighted by Crippen LogP contribution is -2.44. The first-order valence-electron chi connectivity index (χ1n) is 12.9. The van der Waals surface area contributed by atoms with E-state index in [2.05, 4.69) is 47.7 Å². The van der Waals surface area contributed by atoms with Crippen LogP contribution in [0.5, 0.6) is 0 Å². The van der Waals surface area contributed by atoms with Crippen LogP contribution in [0.2, 0.25) is 18.1 Å². The maximum atomic E-state index is 14.9. The number of aliphatic hydroxyl groups is 1. The van der Waals surface area contributed by atoms with Crippen molar-refractivity contribution >= 4 is 18.0 Å². The van der Waals surface area contributed by atoms with Crippen LogP contribution in [0.15, 0.2) is 33.5 Å². The number of hydrogen-bond acceptors (Lipinski definition) is 5. The van der Waals surface area contributed by atoms with E-state index in [9.17, 15) is 9.32 Å². The molecule has 34 heavy (non-hydrogen) atoms. The summed E-state index contributed by atoms with van der Waals surface area (Å²) in [5.41, 5.74) is 0.553. The van der Waals surface area contributed by atoms with Crippen molar-refractivity contribution < 1.29 is 18.5 Å². The minimum atomic E-state index is -2.80. The van der Waals surface area contributed by atoms with E-state index in [0.29, 0.717) is 12.4 Å². The molecule has 5 nitrogen and oxygen atoms in total. The van der Waals surface area contributed by atoms with E-state index in [-0.39, 0.29) is 29.0 Å². The summed E-state index contributed by atoms with van der Waals surface area (Å²) in [6.07, 6.45) is 1.98. The van der Waals surface area contributed by atoms with E-state index in [1.165, 1.54) is 0 Å². The van der Waals surface area contributed by atoms with Gasteiger partial charge in [-0.25, -0.2) is 8.57 Å². The number of aryl methyl sites for hydroxylation is 1.